The number of nitrogens with zero attached hydrogens (tertiary/aromatic N) is 1. The van der Waals surface area contributed by atoms with Crippen molar-refractivity contribution in [1.29, 1.82) is 0 Å². The van der Waals surface area contributed by atoms with Gasteiger partial charge >= 0.3 is 5.97 Å². The van der Waals surface area contributed by atoms with Crippen molar-refractivity contribution in [3.63, 3.8) is 0 Å². The van der Waals surface area contributed by atoms with Gasteiger partial charge in [-0.15, -0.1) is 0 Å². The molecule has 124 valence electrons. The van der Waals surface area contributed by atoms with E-state index >= 15 is 0 Å². The van der Waals surface area contributed by atoms with E-state index in [9.17, 15) is 14.4 Å². The second-order valence-corrected chi connectivity index (χ2v) is 6.96. The zero-order valence-corrected chi connectivity index (χ0v) is 13.0. The van der Waals surface area contributed by atoms with E-state index in [1.807, 2.05) is 0 Å². The molecule has 23 heavy (non-hydrogen) atoms. The van der Waals surface area contributed by atoms with Crippen LogP contribution in [0.1, 0.15) is 38.5 Å². The number of carbonyl (C=O) groups is 3. The van der Waals surface area contributed by atoms with Gasteiger partial charge in [-0.05, 0) is 31.6 Å². The van der Waals surface area contributed by atoms with Gasteiger partial charge < -0.3 is 9.47 Å². The fourth-order valence-electron chi connectivity index (χ4n) is 4.28. The van der Waals surface area contributed by atoms with Crippen molar-refractivity contribution in [3.05, 3.63) is 12.2 Å². The number of unbranched alkanes of at least 4 members (excludes halogenated alkanes) is 2. The Kier molecular flexibility index (Phi) is 3.71. The monoisotopic (exact) mass is 319 g/mol. The van der Waals surface area contributed by atoms with E-state index in [1.165, 1.54) is 17.1 Å². The highest BCUT2D eigenvalue weighted by molar-refractivity contribution is 6.12. The number of amides is 2. The first-order valence-electron chi connectivity index (χ1n) is 8.52. The third kappa shape index (κ3) is 2.80. The Balaban J connectivity index is 1.10. The summed E-state index contributed by atoms with van der Waals surface area (Å²) in [6, 6.07) is 0. The molecule has 2 amide bonds. The number of epoxide rings is 1. The molecule has 2 aliphatic carbocycles. The Morgan fingerprint density at radius 2 is 1.91 bits per heavy atom. The van der Waals surface area contributed by atoms with Gasteiger partial charge in [0.15, 0.2) is 0 Å². The van der Waals surface area contributed by atoms with Gasteiger partial charge in [0.25, 0.3) is 11.8 Å². The third-order valence-electron chi connectivity index (χ3n) is 5.48. The Morgan fingerprint density at radius 3 is 2.61 bits per heavy atom. The molecule has 1 saturated heterocycles. The maximum absolute atomic E-state index is 11.9. The van der Waals surface area contributed by atoms with Gasteiger partial charge in [0.2, 0.25) is 0 Å². The van der Waals surface area contributed by atoms with Crippen LogP contribution in [0.5, 0.6) is 0 Å². The molecule has 6 nitrogen and oxygen atoms in total. The standard InChI is InChI=1S/C17H21NO5/c19-13-5-6-14(20)18(13)7-3-1-2-4-15(21)22-12-9-10-8-11(12)17-16(10)23-17/h5-6,10-12,16-17H,1-4,7-9H2. The van der Waals surface area contributed by atoms with Crippen LogP contribution in [0, 0.1) is 11.8 Å². The van der Waals surface area contributed by atoms with E-state index in [4.69, 9.17) is 9.47 Å². The minimum atomic E-state index is -0.244. The lowest BCUT2D eigenvalue weighted by atomic mass is 9.98. The summed E-state index contributed by atoms with van der Waals surface area (Å²) in [4.78, 5) is 35.9. The highest BCUT2D eigenvalue weighted by Crippen LogP contribution is 2.57. The highest BCUT2D eigenvalue weighted by atomic mass is 16.6. The summed E-state index contributed by atoms with van der Waals surface area (Å²) >= 11 is 0. The number of carbonyl (C=O) groups excluding carboxylic acids is 3. The van der Waals surface area contributed by atoms with Gasteiger partial charge in [0.05, 0.1) is 12.2 Å². The van der Waals surface area contributed by atoms with Crippen LogP contribution < -0.4 is 0 Å². The molecule has 4 aliphatic rings. The average molecular weight is 319 g/mol. The van der Waals surface area contributed by atoms with Crippen LogP contribution in [0.15, 0.2) is 12.2 Å². The van der Waals surface area contributed by atoms with E-state index in [0.717, 1.165) is 32.1 Å². The summed E-state index contributed by atoms with van der Waals surface area (Å²) in [7, 11) is 0. The lowest BCUT2D eigenvalue weighted by molar-refractivity contribution is -0.151. The van der Waals surface area contributed by atoms with Crippen LogP contribution in [-0.2, 0) is 23.9 Å². The minimum absolute atomic E-state index is 0.0576. The van der Waals surface area contributed by atoms with Gasteiger partial charge in [0, 0.05) is 31.0 Å². The van der Waals surface area contributed by atoms with Crippen LogP contribution in [0.2, 0.25) is 0 Å². The van der Waals surface area contributed by atoms with E-state index in [1.54, 1.807) is 0 Å². The molecule has 0 spiro atoms. The van der Waals surface area contributed by atoms with Crippen LogP contribution in [0.3, 0.4) is 0 Å². The first-order chi connectivity index (χ1) is 11.1. The highest BCUT2D eigenvalue weighted by Gasteiger charge is 2.64. The summed E-state index contributed by atoms with van der Waals surface area (Å²) in [6.45, 7) is 0.423. The zero-order valence-electron chi connectivity index (χ0n) is 13.0. The predicted octanol–water partition coefficient (Wildman–Crippen LogP) is 1.19. The Bertz CT molecular complexity index is 553. The SMILES string of the molecule is O=C(CCCCCN1C(=O)C=CC1=O)OC1CC2CC1C1OC21. The topological polar surface area (TPSA) is 76.2 Å². The van der Waals surface area contributed by atoms with E-state index in [2.05, 4.69) is 0 Å². The molecule has 2 heterocycles. The molecule has 5 unspecified atom stereocenters. The number of ether oxygens (including phenoxy) is 2. The quantitative estimate of drug-likeness (QED) is 0.305. The molecule has 6 heteroatoms. The smallest absolute Gasteiger partial charge is 0.306 e. The first kappa shape index (κ1) is 14.9. The summed E-state index contributed by atoms with van der Waals surface area (Å²) in [5.74, 6) is 0.410. The lowest BCUT2D eigenvalue weighted by Crippen LogP contribution is -2.30. The molecule has 2 aliphatic heterocycles. The van der Waals surface area contributed by atoms with Crippen LogP contribution >= 0.6 is 0 Å². The van der Waals surface area contributed by atoms with Gasteiger partial charge in [-0.2, -0.15) is 0 Å². The molecule has 0 aromatic carbocycles. The molecule has 0 N–H and O–H groups in total. The fraction of sp³-hybridized carbons (Fsp3) is 0.706. The molecule has 0 aromatic rings. The Hall–Kier alpha value is -1.69. The third-order valence-corrected chi connectivity index (χ3v) is 5.48. The molecule has 4 rings (SSSR count). The molecule has 0 radical (unpaired) electrons. The first-order valence-corrected chi connectivity index (χ1v) is 8.52. The van der Waals surface area contributed by atoms with E-state index in [0.29, 0.717) is 37.0 Å². The van der Waals surface area contributed by atoms with Crippen LogP contribution in [0.4, 0.5) is 0 Å². The second-order valence-electron chi connectivity index (χ2n) is 6.96. The van der Waals surface area contributed by atoms with E-state index in [-0.39, 0.29) is 23.9 Å². The average Bonchev–Trinajstić information content (AvgIpc) is 3.01. The fourth-order valence-corrected chi connectivity index (χ4v) is 4.28. The predicted molar refractivity (Wildman–Crippen MR) is 79.1 cm³/mol. The molecule has 2 saturated carbocycles. The van der Waals surface area contributed by atoms with Crippen molar-refractivity contribution in [2.24, 2.45) is 11.8 Å². The Morgan fingerprint density at radius 1 is 1.13 bits per heavy atom. The number of fused-ring (bicyclic) bond motifs is 5. The number of hydrogen-bond acceptors (Lipinski definition) is 5. The summed E-state index contributed by atoms with van der Waals surface area (Å²) < 4.78 is 11.2. The molecule has 5 atom stereocenters. The maximum atomic E-state index is 11.9. The summed E-state index contributed by atoms with van der Waals surface area (Å²) in [5, 5.41) is 0. The summed E-state index contributed by atoms with van der Waals surface area (Å²) in [6.07, 6.45) is 8.23. The second kappa shape index (κ2) is 5.74. The van der Waals surface area contributed by atoms with Crippen molar-refractivity contribution in [3.8, 4) is 0 Å². The molecular weight excluding hydrogens is 298 g/mol. The normalized spacial score (nSPS) is 36.7. The molecular formula is C17H21NO5. The number of imide groups is 1. The number of esters is 1. The zero-order chi connectivity index (χ0) is 16.0. The largest absolute Gasteiger partial charge is 0.462 e. The van der Waals surface area contributed by atoms with Crippen molar-refractivity contribution in [2.45, 2.75) is 56.8 Å². The van der Waals surface area contributed by atoms with Crippen molar-refractivity contribution in [2.75, 3.05) is 6.54 Å². The van der Waals surface area contributed by atoms with Gasteiger partial charge in [-0.1, -0.05) is 6.42 Å². The minimum Gasteiger partial charge on any atom is -0.462 e. The lowest BCUT2D eigenvalue weighted by Gasteiger charge is -2.20. The van der Waals surface area contributed by atoms with Crippen LogP contribution in [0.25, 0.3) is 0 Å². The van der Waals surface area contributed by atoms with Crippen molar-refractivity contribution < 1.29 is 23.9 Å². The van der Waals surface area contributed by atoms with Gasteiger partial charge in [-0.3, -0.25) is 19.3 Å². The van der Waals surface area contributed by atoms with Gasteiger partial charge in [0.1, 0.15) is 6.10 Å². The van der Waals surface area contributed by atoms with E-state index < -0.39 is 0 Å². The number of rotatable bonds is 7. The maximum Gasteiger partial charge on any atom is 0.306 e. The van der Waals surface area contributed by atoms with Gasteiger partial charge in [-0.25, -0.2) is 0 Å². The van der Waals surface area contributed by atoms with Crippen LogP contribution in [-0.4, -0.2) is 47.5 Å². The molecule has 2 bridgehead atoms. The Labute approximate surface area is 134 Å². The van der Waals surface area contributed by atoms with Crippen molar-refractivity contribution >= 4 is 17.8 Å². The summed E-state index contributed by atoms with van der Waals surface area (Å²) in [5.41, 5.74) is 0. The number of hydrogen-bond donors (Lipinski definition) is 0. The molecule has 3 fully saturated rings. The molecule has 0 aromatic heterocycles. The van der Waals surface area contributed by atoms with Crippen molar-refractivity contribution in [1.82, 2.24) is 4.90 Å².